The third-order valence-electron chi connectivity index (χ3n) is 6.30. The molecule has 0 spiro atoms. The minimum atomic E-state index is -0.620. The molecule has 0 aliphatic rings. The monoisotopic (exact) mass is 570 g/mol. The number of likely N-dealkylation sites (N-methyl/N-ethyl adjacent to an activating group) is 1. The van der Waals surface area contributed by atoms with Gasteiger partial charge in [0.25, 0.3) is 5.91 Å². The molecule has 2 aromatic carbocycles. The number of unbranched alkanes of at least 4 members (excludes halogenated alkanes) is 5. The van der Waals surface area contributed by atoms with E-state index in [-0.39, 0.29) is 53.3 Å². The number of aromatic hydroxyl groups is 1. The predicted octanol–water partition coefficient (Wildman–Crippen LogP) is 5.58. The summed E-state index contributed by atoms with van der Waals surface area (Å²) in [4.78, 5) is 40.0. The van der Waals surface area contributed by atoms with Crippen molar-refractivity contribution in [2.75, 3.05) is 51.3 Å². The summed E-state index contributed by atoms with van der Waals surface area (Å²) in [6.07, 6.45) is 9.45. The van der Waals surface area contributed by atoms with E-state index in [4.69, 9.17) is 18.9 Å². The SMILES string of the molecule is CCCCCCCCOCC(=O)N(C)c1c(NC(=O)C=Cc2cc(OC)c(O)c(OC)c2)cccc1C(=O)OCC. The van der Waals surface area contributed by atoms with Gasteiger partial charge in [-0.25, -0.2) is 4.79 Å². The molecule has 0 saturated heterocycles. The first-order chi connectivity index (χ1) is 19.8. The van der Waals surface area contributed by atoms with Crippen LogP contribution in [0.4, 0.5) is 11.4 Å². The normalized spacial score (nSPS) is 10.9. The number of rotatable bonds is 17. The molecule has 0 aliphatic carbocycles. The minimum Gasteiger partial charge on any atom is -0.502 e. The van der Waals surface area contributed by atoms with Crippen molar-refractivity contribution in [3.8, 4) is 17.2 Å². The van der Waals surface area contributed by atoms with Crippen molar-refractivity contribution in [2.45, 2.75) is 52.4 Å². The molecule has 0 atom stereocenters. The fourth-order valence-corrected chi connectivity index (χ4v) is 4.10. The molecule has 224 valence electrons. The van der Waals surface area contributed by atoms with Gasteiger partial charge in [0.15, 0.2) is 11.5 Å². The second kappa shape index (κ2) is 17.6. The Morgan fingerprint density at radius 3 is 2.27 bits per heavy atom. The highest BCUT2D eigenvalue weighted by atomic mass is 16.5. The van der Waals surface area contributed by atoms with Crippen molar-refractivity contribution in [1.29, 1.82) is 0 Å². The van der Waals surface area contributed by atoms with Crippen molar-refractivity contribution in [2.24, 2.45) is 0 Å². The lowest BCUT2D eigenvalue weighted by Crippen LogP contribution is -2.32. The van der Waals surface area contributed by atoms with Crippen molar-refractivity contribution in [3.05, 3.63) is 47.5 Å². The molecule has 0 radical (unpaired) electrons. The Morgan fingerprint density at radius 2 is 1.63 bits per heavy atom. The lowest BCUT2D eigenvalue weighted by molar-refractivity contribution is -0.122. The second-order valence-corrected chi connectivity index (χ2v) is 9.29. The molecule has 0 saturated carbocycles. The number of phenolic OH excluding ortho intramolecular Hbond substituents is 1. The van der Waals surface area contributed by atoms with E-state index in [1.165, 1.54) is 63.6 Å². The van der Waals surface area contributed by atoms with E-state index in [2.05, 4.69) is 12.2 Å². The van der Waals surface area contributed by atoms with Gasteiger partial charge in [-0.1, -0.05) is 45.1 Å². The van der Waals surface area contributed by atoms with E-state index in [9.17, 15) is 19.5 Å². The Morgan fingerprint density at radius 1 is 0.976 bits per heavy atom. The Kier molecular flexibility index (Phi) is 14.2. The summed E-state index contributed by atoms with van der Waals surface area (Å²) >= 11 is 0. The van der Waals surface area contributed by atoms with Gasteiger partial charge in [-0.3, -0.25) is 9.59 Å². The Bertz CT molecular complexity index is 1170. The summed E-state index contributed by atoms with van der Waals surface area (Å²) in [5.41, 5.74) is 1.13. The van der Waals surface area contributed by atoms with Crippen LogP contribution in [0.2, 0.25) is 0 Å². The zero-order valence-corrected chi connectivity index (χ0v) is 24.7. The van der Waals surface area contributed by atoms with Crippen molar-refractivity contribution < 1.29 is 38.4 Å². The number of hydrogen-bond acceptors (Lipinski definition) is 8. The number of esters is 1. The van der Waals surface area contributed by atoms with Crippen LogP contribution in [0.5, 0.6) is 17.2 Å². The molecule has 10 nitrogen and oxygen atoms in total. The maximum absolute atomic E-state index is 13.0. The maximum atomic E-state index is 13.0. The number of methoxy groups -OCH3 is 2. The molecule has 2 N–H and O–H groups in total. The largest absolute Gasteiger partial charge is 0.502 e. The first-order valence-corrected chi connectivity index (χ1v) is 13.9. The zero-order chi connectivity index (χ0) is 30.2. The molecule has 41 heavy (non-hydrogen) atoms. The van der Waals surface area contributed by atoms with Gasteiger partial charge >= 0.3 is 5.97 Å². The second-order valence-electron chi connectivity index (χ2n) is 9.29. The Hall–Kier alpha value is -4.05. The maximum Gasteiger partial charge on any atom is 0.340 e. The molecule has 0 aliphatic heterocycles. The summed E-state index contributed by atoms with van der Waals surface area (Å²) in [5, 5.41) is 12.9. The summed E-state index contributed by atoms with van der Waals surface area (Å²) in [6.45, 7) is 4.31. The number of nitrogens with zero attached hydrogens (tertiary/aromatic N) is 1. The molecule has 0 heterocycles. The average Bonchev–Trinajstić information content (AvgIpc) is 2.97. The summed E-state index contributed by atoms with van der Waals surface area (Å²) < 4.78 is 21.1. The summed E-state index contributed by atoms with van der Waals surface area (Å²) in [5.74, 6) is -1.29. The number of amides is 2. The third-order valence-corrected chi connectivity index (χ3v) is 6.30. The first-order valence-electron chi connectivity index (χ1n) is 13.9. The molecule has 0 aromatic heterocycles. The molecule has 2 amide bonds. The lowest BCUT2D eigenvalue weighted by Gasteiger charge is -2.23. The number of ether oxygens (including phenoxy) is 4. The van der Waals surface area contributed by atoms with Gasteiger partial charge in [-0.15, -0.1) is 0 Å². The number of carbonyl (C=O) groups is 3. The van der Waals surface area contributed by atoms with Crippen LogP contribution in [0.3, 0.4) is 0 Å². The highest BCUT2D eigenvalue weighted by Gasteiger charge is 2.24. The Balaban J connectivity index is 2.19. The van der Waals surface area contributed by atoms with E-state index in [1.807, 2.05) is 0 Å². The number of phenols is 1. The first kappa shape index (κ1) is 33.2. The molecule has 0 unspecified atom stereocenters. The highest BCUT2D eigenvalue weighted by Crippen LogP contribution is 2.37. The molecular weight excluding hydrogens is 528 g/mol. The quantitative estimate of drug-likeness (QED) is 0.144. The van der Waals surface area contributed by atoms with Gasteiger partial charge in [0.05, 0.1) is 37.8 Å². The lowest BCUT2D eigenvalue weighted by atomic mass is 10.1. The van der Waals surface area contributed by atoms with Gasteiger partial charge in [0, 0.05) is 19.7 Å². The van der Waals surface area contributed by atoms with Crippen LogP contribution in [0.1, 0.15) is 68.3 Å². The van der Waals surface area contributed by atoms with Crippen molar-refractivity contribution in [3.63, 3.8) is 0 Å². The van der Waals surface area contributed by atoms with E-state index in [0.717, 1.165) is 19.3 Å². The number of benzene rings is 2. The number of hydrogen-bond donors (Lipinski definition) is 2. The van der Waals surface area contributed by atoms with E-state index in [1.54, 1.807) is 31.2 Å². The Labute approximate surface area is 242 Å². The van der Waals surface area contributed by atoms with Crippen LogP contribution >= 0.6 is 0 Å². The van der Waals surface area contributed by atoms with Crippen molar-refractivity contribution >= 4 is 35.2 Å². The molecular formula is C31H42N2O8. The van der Waals surface area contributed by atoms with Gasteiger partial charge in [-0.2, -0.15) is 0 Å². The van der Waals surface area contributed by atoms with Gasteiger partial charge in [0.1, 0.15) is 6.61 Å². The molecule has 2 rings (SSSR count). The fraction of sp³-hybridized carbons (Fsp3) is 0.452. The molecule has 2 aromatic rings. The van der Waals surface area contributed by atoms with E-state index >= 15 is 0 Å². The van der Waals surface area contributed by atoms with Gasteiger partial charge < -0.3 is 34.3 Å². The van der Waals surface area contributed by atoms with Crippen LogP contribution in [0.15, 0.2) is 36.4 Å². The van der Waals surface area contributed by atoms with Crippen LogP contribution in [-0.2, 0) is 19.1 Å². The third kappa shape index (κ3) is 10.1. The average molecular weight is 571 g/mol. The molecule has 0 bridgehead atoms. The van der Waals surface area contributed by atoms with Gasteiger partial charge in [0.2, 0.25) is 11.7 Å². The van der Waals surface area contributed by atoms with Crippen LogP contribution in [0, 0.1) is 0 Å². The summed E-state index contributed by atoms with van der Waals surface area (Å²) in [6, 6.07) is 7.82. The van der Waals surface area contributed by atoms with Crippen LogP contribution < -0.4 is 19.7 Å². The highest BCUT2D eigenvalue weighted by molar-refractivity contribution is 6.10. The van der Waals surface area contributed by atoms with E-state index in [0.29, 0.717) is 12.2 Å². The van der Waals surface area contributed by atoms with Crippen LogP contribution in [-0.4, -0.2) is 64.0 Å². The van der Waals surface area contributed by atoms with Crippen molar-refractivity contribution in [1.82, 2.24) is 0 Å². The van der Waals surface area contributed by atoms with Crippen LogP contribution in [0.25, 0.3) is 6.08 Å². The predicted molar refractivity (Wildman–Crippen MR) is 159 cm³/mol. The molecule has 0 fully saturated rings. The minimum absolute atomic E-state index is 0.133. The van der Waals surface area contributed by atoms with Gasteiger partial charge in [-0.05, 0) is 49.2 Å². The zero-order valence-electron chi connectivity index (χ0n) is 24.7. The smallest absolute Gasteiger partial charge is 0.340 e. The number of carbonyl (C=O) groups excluding carboxylic acids is 3. The molecule has 10 heteroatoms. The summed E-state index contributed by atoms with van der Waals surface area (Å²) in [7, 11) is 4.34. The van der Waals surface area contributed by atoms with E-state index < -0.39 is 11.9 Å². The fourth-order valence-electron chi connectivity index (χ4n) is 4.10. The topological polar surface area (TPSA) is 124 Å². The number of anilines is 2. The number of para-hydroxylation sites is 1. The standard InChI is InChI=1S/C31H42N2O8/c1-6-8-9-10-11-12-18-40-21-28(35)33(3)29-23(31(37)41-7-2)14-13-15-24(29)32-27(34)17-16-22-19-25(38-4)30(36)26(20-22)39-5/h13-17,19-20,36H,6-12,18,21H2,1-5H3,(H,32,34). The number of nitrogens with one attached hydrogen (secondary N) is 1.